The largest absolute Gasteiger partial charge is 0.351 e. The van der Waals surface area contributed by atoms with Crippen LogP contribution in [0.15, 0.2) is 6.20 Å². The maximum Gasteiger partial charge on any atom is 0.227 e. The van der Waals surface area contributed by atoms with E-state index in [1.165, 1.54) is 0 Å². The van der Waals surface area contributed by atoms with E-state index >= 15 is 0 Å². The zero-order valence-electron chi connectivity index (χ0n) is 12.7. The number of amides is 1. The lowest BCUT2D eigenvalue weighted by atomic mass is 10.00. The third-order valence-corrected chi connectivity index (χ3v) is 3.05. The van der Waals surface area contributed by atoms with Crippen molar-refractivity contribution in [3.05, 3.63) is 17.7 Å². The predicted molar refractivity (Wildman–Crippen MR) is 77.1 cm³/mol. The second-order valence-corrected chi connectivity index (χ2v) is 5.87. The van der Waals surface area contributed by atoms with Gasteiger partial charge in [0.05, 0.1) is 6.42 Å². The fourth-order valence-electron chi connectivity index (χ4n) is 1.81. The summed E-state index contributed by atoms with van der Waals surface area (Å²) in [5.74, 6) is 0.749. The summed E-state index contributed by atoms with van der Waals surface area (Å²) in [6.07, 6.45) is 3.93. The highest BCUT2D eigenvalue weighted by atomic mass is 16.1. The number of aromatic nitrogens is 2. The number of hydrogen-bond donors (Lipinski definition) is 2. The molecule has 0 saturated heterocycles. The standard InChI is InChI=1S/C14H26N4O/c1-6-11-10-15-12(16-11)9-13(19)17-14(2,3)7-8-18(4)5/h10H,6-9H2,1-5H3,(H,15,16)(H,17,19). The van der Waals surface area contributed by atoms with E-state index in [-0.39, 0.29) is 11.4 Å². The van der Waals surface area contributed by atoms with Gasteiger partial charge in [-0.05, 0) is 47.3 Å². The predicted octanol–water partition coefficient (Wildman–Crippen LogP) is 1.36. The van der Waals surface area contributed by atoms with Gasteiger partial charge < -0.3 is 15.2 Å². The lowest BCUT2D eigenvalue weighted by Crippen LogP contribution is -2.45. The number of nitrogens with zero attached hydrogens (tertiary/aromatic N) is 2. The molecule has 5 heteroatoms. The van der Waals surface area contributed by atoms with Crippen molar-refractivity contribution in [2.45, 2.75) is 45.6 Å². The van der Waals surface area contributed by atoms with Gasteiger partial charge in [0, 0.05) is 17.4 Å². The molecular formula is C14H26N4O. The SMILES string of the molecule is CCc1cnc(CC(=O)NC(C)(C)CCN(C)C)[nH]1. The monoisotopic (exact) mass is 266 g/mol. The van der Waals surface area contributed by atoms with E-state index in [4.69, 9.17) is 0 Å². The zero-order valence-corrected chi connectivity index (χ0v) is 12.7. The van der Waals surface area contributed by atoms with E-state index in [1.54, 1.807) is 6.20 Å². The quantitative estimate of drug-likeness (QED) is 0.783. The second-order valence-electron chi connectivity index (χ2n) is 5.87. The molecule has 0 aliphatic heterocycles. The molecule has 19 heavy (non-hydrogen) atoms. The molecule has 1 heterocycles. The highest BCUT2D eigenvalue weighted by Crippen LogP contribution is 2.09. The zero-order chi connectivity index (χ0) is 14.5. The minimum absolute atomic E-state index is 0.0146. The van der Waals surface area contributed by atoms with Gasteiger partial charge in [-0.2, -0.15) is 0 Å². The van der Waals surface area contributed by atoms with Crippen LogP contribution in [0.3, 0.4) is 0 Å². The Morgan fingerprint density at radius 3 is 2.68 bits per heavy atom. The van der Waals surface area contributed by atoms with Gasteiger partial charge in [0.15, 0.2) is 0 Å². The minimum atomic E-state index is -0.193. The molecule has 0 aromatic carbocycles. The maximum absolute atomic E-state index is 12.0. The van der Waals surface area contributed by atoms with Crippen molar-refractivity contribution < 1.29 is 4.79 Å². The summed E-state index contributed by atoms with van der Waals surface area (Å²) < 4.78 is 0. The Morgan fingerprint density at radius 1 is 1.47 bits per heavy atom. The first-order valence-corrected chi connectivity index (χ1v) is 6.81. The van der Waals surface area contributed by atoms with Crippen LogP contribution < -0.4 is 5.32 Å². The molecule has 0 saturated carbocycles. The summed E-state index contributed by atoms with van der Waals surface area (Å²) in [5.41, 5.74) is 0.872. The highest BCUT2D eigenvalue weighted by Gasteiger charge is 2.20. The first kappa shape index (κ1) is 15.7. The van der Waals surface area contributed by atoms with E-state index < -0.39 is 0 Å². The number of rotatable bonds is 7. The van der Waals surface area contributed by atoms with Gasteiger partial charge in [-0.1, -0.05) is 6.92 Å². The molecule has 1 rings (SSSR count). The van der Waals surface area contributed by atoms with Gasteiger partial charge in [-0.15, -0.1) is 0 Å². The number of H-pyrrole nitrogens is 1. The number of carbonyl (C=O) groups is 1. The molecule has 1 aromatic rings. The first-order valence-electron chi connectivity index (χ1n) is 6.81. The van der Waals surface area contributed by atoms with Crippen LogP contribution in [0.4, 0.5) is 0 Å². The van der Waals surface area contributed by atoms with Crippen molar-refractivity contribution in [2.24, 2.45) is 0 Å². The molecule has 0 aliphatic carbocycles. The average Bonchev–Trinajstić information content (AvgIpc) is 2.73. The Kier molecular flexibility index (Phi) is 5.54. The number of aryl methyl sites for hydroxylation is 1. The number of hydrogen-bond acceptors (Lipinski definition) is 3. The van der Waals surface area contributed by atoms with Crippen molar-refractivity contribution in [1.29, 1.82) is 0 Å². The molecule has 1 aromatic heterocycles. The van der Waals surface area contributed by atoms with Crippen LogP contribution in [0, 0.1) is 0 Å². The van der Waals surface area contributed by atoms with Crippen LogP contribution in [-0.4, -0.2) is 47.0 Å². The van der Waals surface area contributed by atoms with Gasteiger partial charge in [0.1, 0.15) is 5.82 Å². The smallest absolute Gasteiger partial charge is 0.227 e. The summed E-state index contributed by atoms with van der Waals surface area (Å²) >= 11 is 0. The van der Waals surface area contributed by atoms with Crippen molar-refractivity contribution in [3.63, 3.8) is 0 Å². The fourth-order valence-corrected chi connectivity index (χ4v) is 1.81. The molecule has 0 fully saturated rings. The van der Waals surface area contributed by atoms with E-state index in [1.807, 2.05) is 27.9 Å². The molecule has 0 atom stereocenters. The number of imidazole rings is 1. The summed E-state index contributed by atoms with van der Waals surface area (Å²) in [5, 5.41) is 3.06. The Morgan fingerprint density at radius 2 is 2.16 bits per heavy atom. The Bertz CT molecular complexity index is 409. The molecule has 1 amide bonds. The van der Waals surface area contributed by atoms with Crippen LogP contribution >= 0.6 is 0 Å². The van der Waals surface area contributed by atoms with Crippen molar-refractivity contribution in [3.8, 4) is 0 Å². The van der Waals surface area contributed by atoms with Crippen molar-refractivity contribution in [2.75, 3.05) is 20.6 Å². The van der Waals surface area contributed by atoms with E-state index in [2.05, 4.69) is 27.1 Å². The lowest BCUT2D eigenvalue weighted by molar-refractivity contribution is -0.122. The van der Waals surface area contributed by atoms with Crippen LogP contribution in [0.1, 0.15) is 38.7 Å². The summed E-state index contributed by atoms with van der Waals surface area (Å²) in [4.78, 5) is 21.5. The van der Waals surface area contributed by atoms with Gasteiger partial charge in [-0.3, -0.25) is 4.79 Å². The number of aromatic amines is 1. The molecular weight excluding hydrogens is 240 g/mol. The second kappa shape index (κ2) is 6.70. The van der Waals surface area contributed by atoms with Gasteiger partial charge >= 0.3 is 0 Å². The molecule has 0 radical (unpaired) electrons. The molecule has 5 nitrogen and oxygen atoms in total. The topological polar surface area (TPSA) is 61.0 Å². The fraction of sp³-hybridized carbons (Fsp3) is 0.714. The average molecular weight is 266 g/mol. The molecule has 0 unspecified atom stereocenters. The first-order chi connectivity index (χ1) is 8.82. The third kappa shape index (κ3) is 5.87. The van der Waals surface area contributed by atoms with Gasteiger partial charge in [-0.25, -0.2) is 4.98 Å². The van der Waals surface area contributed by atoms with Crippen LogP contribution in [-0.2, 0) is 17.6 Å². The molecule has 0 spiro atoms. The highest BCUT2D eigenvalue weighted by molar-refractivity contribution is 5.78. The molecule has 0 bridgehead atoms. The Balaban J connectivity index is 2.45. The third-order valence-electron chi connectivity index (χ3n) is 3.05. The number of nitrogens with one attached hydrogen (secondary N) is 2. The van der Waals surface area contributed by atoms with Crippen molar-refractivity contribution >= 4 is 5.91 Å². The normalized spacial score (nSPS) is 11.9. The van der Waals surface area contributed by atoms with Crippen LogP contribution in [0.2, 0.25) is 0 Å². The minimum Gasteiger partial charge on any atom is -0.351 e. The number of carbonyl (C=O) groups excluding carboxylic acids is 1. The molecule has 0 aliphatic rings. The van der Waals surface area contributed by atoms with Gasteiger partial charge in [0.25, 0.3) is 0 Å². The lowest BCUT2D eigenvalue weighted by Gasteiger charge is -2.27. The van der Waals surface area contributed by atoms with Crippen molar-refractivity contribution in [1.82, 2.24) is 20.2 Å². The van der Waals surface area contributed by atoms with E-state index in [0.29, 0.717) is 6.42 Å². The molecule has 2 N–H and O–H groups in total. The summed E-state index contributed by atoms with van der Waals surface area (Å²) in [6.45, 7) is 7.11. The van der Waals surface area contributed by atoms with Crippen LogP contribution in [0.5, 0.6) is 0 Å². The maximum atomic E-state index is 12.0. The Hall–Kier alpha value is -1.36. The Labute approximate surface area is 115 Å². The van der Waals surface area contributed by atoms with E-state index in [9.17, 15) is 4.79 Å². The van der Waals surface area contributed by atoms with E-state index in [0.717, 1.165) is 30.9 Å². The summed E-state index contributed by atoms with van der Waals surface area (Å²) in [7, 11) is 4.07. The summed E-state index contributed by atoms with van der Waals surface area (Å²) in [6, 6.07) is 0. The molecule has 108 valence electrons. The van der Waals surface area contributed by atoms with Crippen LogP contribution in [0.25, 0.3) is 0 Å². The van der Waals surface area contributed by atoms with Gasteiger partial charge in [0.2, 0.25) is 5.91 Å².